The zero-order valence-electron chi connectivity index (χ0n) is 18.7. The van der Waals surface area contributed by atoms with E-state index in [1.165, 1.54) is 22.5 Å². The molecule has 8 nitrogen and oxygen atoms in total. The molecule has 0 saturated carbocycles. The van der Waals surface area contributed by atoms with Crippen LogP contribution in [-0.4, -0.2) is 60.7 Å². The minimum atomic E-state index is -3.70. The summed E-state index contributed by atoms with van der Waals surface area (Å²) < 4.78 is 27.4. The van der Waals surface area contributed by atoms with Gasteiger partial charge in [-0.1, -0.05) is 32.0 Å². The number of benzene rings is 2. The van der Waals surface area contributed by atoms with Crippen molar-refractivity contribution in [3.05, 3.63) is 70.5 Å². The molecular weight excluding hydrogens is 440 g/mol. The number of nitrogens with zero attached hydrogens (tertiary/aromatic N) is 2. The van der Waals surface area contributed by atoms with Gasteiger partial charge in [-0.05, 0) is 36.8 Å². The standard InChI is InChI=1S/C24H28N4O4S/c1-3-28(4-2)33(31,32)19-10-11-22-20(14-19)21(15-23(29)26-22)24(30)27-13-12-18(16-27)25-17-8-6-5-7-9-17/h5-11,14-15,18,25H,3-4,12-13,16H2,1-2H3,(H,26,29). The molecule has 33 heavy (non-hydrogen) atoms. The van der Waals surface area contributed by atoms with Gasteiger partial charge in [0, 0.05) is 54.9 Å². The monoisotopic (exact) mass is 468 g/mol. The molecule has 174 valence electrons. The Bertz CT molecular complexity index is 1320. The van der Waals surface area contributed by atoms with E-state index in [4.69, 9.17) is 0 Å². The van der Waals surface area contributed by atoms with E-state index in [2.05, 4.69) is 10.3 Å². The Morgan fingerprint density at radius 3 is 2.55 bits per heavy atom. The molecule has 9 heteroatoms. The summed E-state index contributed by atoms with van der Waals surface area (Å²) in [4.78, 5) is 30.2. The second-order valence-corrected chi connectivity index (χ2v) is 10.0. The Kier molecular flexibility index (Phi) is 6.53. The van der Waals surface area contributed by atoms with E-state index in [-0.39, 0.29) is 22.4 Å². The highest BCUT2D eigenvalue weighted by Crippen LogP contribution is 2.25. The average molecular weight is 469 g/mol. The molecule has 0 bridgehead atoms. The van der Waals surface area contributed by atoms with Gasteiger partial charge < -0.3 is 15.2 Å². The van der Waals surface area contributed by atoms with E-state index in [1.54, 1.807) is 24.8 Å². The Morgan fingerprint density at radius 2 is 1.85 bits per heavy atom. The Labute approximate surface area is 193 Å². The summed E-state index contributed by atoms with van der Waals surface area (Å²) >= 11 is 0. The van der Waals surface area contributed by atoms with Gasteiger partial charge in [0.2, 0.25) is 15.6 Å². The number of nitrogens with one attached hydrogen (secondary N) is 2. The van der Waals surface area contributed by atoms with Crippen molar-refractivity contribution in [2.45, 2.75) is 31.2 Å². The third kappa shape index (κ3) is 4.65. The average Bonchev–Trinajstić information content (AvgIpc) is 3.27. The van der Waals surface area contributed by atoms with Crippen LogP contribution in [-0.2, 0) is 10.0 Å². The third-order valence-electron chi connectivity index (χ3n) is 6.01. The molecule has 1 atom stereocenters. The number of hydrogen-bond acceptors (Lipinski definition) is 5. The summed E-state index contributed by atoms with van der Waals surface area (Å²) in [5.41, 5.74) is 1.24. The van der Waals surface area contributed by atoms with E-state index in [0.29, 0.717) is 37.1 Å². The topological polar surface area (TPSA) is 103 Å². The number of aromatic amines is 1. The lowest BCUT2D eigenvalue weighted by atomic mass is 10.1. The SMILES string of the molecule is CCN(CC)S(=O)(=O)c1ccc2[nH]c(=O)cc(C(=O)N3CCC(Nc4ccccc4)C3)c2c1. The maximum atomic E-state index is 13.4. The summed E-state index contributed by atoms with van der Waals surface area (Å²) in [5, 5.41) is 3.86. The van der Waals surface area contributed by atoms with E-state index in [0.717, 1.165) is 12.1 Å². The molecule has 0 radical (unpaired) electrons. The van der Waals surface area contributed by atoms with Gasteiger partial charge in [0.25, 0.3) is 5.91 Å². The Morgan fingerprint density at radius 1 is 1.12 bits per heavy atom. The number of anilines is 1. The largest absolute Gasteiger partial charge is 0.380 e. The van der Waals surface area contributed by atoms with Crippen molar-refractivity contribution in [2.24, 2.45) is 0 Å². The molecule has 1 fully saturated rings. The maximum absolute atomic E-state index is 13.4. The van der Waals surface area contributed by atoms with Crippen LogP contribution < -0.4 is 10.9 Å². The number of aromatic nitrogens is 1. The van der Waals surface area contributed by atoms with Crippen molar-refractivity contribution in [3.63, 3.8) is 0 Å². The van der Waals surface area contributed by atoms with E-state index >= 15 is 0 Å². The molecule has 4 rings (SSSR count). The van der Waals surface area contributed by atoms with Crippen molar-refractivity contribution >= 4 is 32.5 Å². The van der Waals surface area contributed by atoms with Crippen LogP contribution in [0.15, 0.2) is 64.3 Å². The van der Waals surface area contributed by atoms with Gasteiger partial charge >= 0.3 is 0 Å². The quantitative estimate of drug-likeness (QED) is 0.555. The molecular formula is C24H28N4O4S. The number of para-hydroxylation sites is 1. The van der Waals surface area contributed by atoms with Gasteiger partial charge in [0.05, 0.1) is 10.5 Å². The second kappa shape index (κ2) is 9.36. The first kappa shape index (κ1) is 23.0. The van der Waals surface area contributed by atoms with Crippen molar-refractivity contribution < 1.29 is 13.2 Å². The van der Waals surface area contributed by atoms with E-state index < -0.39 is 15.6 Å². The fraction of sp³-hybridized carbons (Fsp3) is 0.333. The Hall–Kier alpha value is -3.17. The van der Waals surface area contributed by atoms with Crippen LogP contribution >= 0.6 is 0 Å². The summed E-state index contributed by atoms with van der Waals surface area (Å²) in [7, 11) is -3.70. The van der Waals surface area contributed by atoms with Crippen molar-refractivity contribution in [1.82, 2.24) is 14.2 Å². The van der Waals surface area contributed by atoms with E-state index in [9.17, 15) is 18.0 Å². The second-order valence-electron chi connectivity index (χ2n) is 8.09. The van der Waals surface area contributed by atoms with Crippen LogP contribution in [0.4, 0.5) is 5.69 Å². The lowest BCUT2D eigenvalue weighted by Crippen LogP contribution is -2.32. The fourth-order valence-electron chi connectivity index (χ4n) is 4.29. The van der Waals surface area contributed by atoms with Crippen molar-refractivity contribution in [3.8, 4) is 0 Å². The van der Waals surface area contributed by atoms with Gasteiger partial charge in [0.1, 0.15) is 0 Å². The van der Waals surface area contributed by atoms with Crippen molar-refractivity contribution in [1.29, 1.82) is 0 Å². The first-order valence-electron chi connectivity index (χ1n) is 11.1. The van der Waals surface area contributed by atoms with Gasteiger partial charge in [-0.25, -0.2) is 8.42 Å². The number of likely N-dealkylation sites (tertiary alicyclic amines) is 1. The van der Waals surface area contributed by atoms with Crippen LogP contribution in [0, 0.1) is 0 Å². The fourth-order valence-corrected chi connectivity index (χ4v) is 5.77. The highest BCUT2D eigenvalue weighted by atomic mass is 32.2. The van der Waals surface area contributed by atoms with Gasteiger partial charge in [-0.3, -0.25) is 9.59 Å². The molecule has 0 aliphatic carbocycles. The zero-order chi connectivity index (χ0) is 23.6. The molecule has 2 N–H and O–H groups in total. The number of hydrogen-bond donors (Lipinski definition) is 2. The molecule has 1 aliphatic rings. The maximum Gasteiger partial charge on any atom is 0.254 e. The molecule has 3 aromatic rings. The third-order valence-corrected chi connectivity index (χ3v) is 8.05. The molecule has 1 amide bonds. The normalized spacial score (nSPS) is 16.5. The lowest BCUT2D eigenvalue weighted by Gasteiger charge is -2.20. The molecule has 2 aromatic carbocycles. The minimum absolute atomic E-state index is 0.100. The van der Waals surface area contributed by atoms with Gasteiger partial charge in [0.15, 0.2) is 0 Å². The highest BCUT2D eigenvalue weighted by molar-refractivity contribution is 7.89. The lowest BCUT2D eigenvalue weighted by molar-refractivity contribution is 0.0793. The Balaban J connectivity index is 1.65. The number of sulfonamides is 1. The predicted molar refractivity (Wildman–Crippen MR) is 129 cm³/mol. The van der Waals surface area contributed by atoms with Crippen LogP contribution in [0.5, 0.6) is 0 Å². The molecule has 1 unspecified atom stereocenters. The van der Waals surface area contributed by atoms with Crippen molar-refractivity contribution in [2.75, 3.05) is 31.5 Å². The zero-order valence-corrected chi connectivity index (χ0v) is 19.6. The number of rotatable bonds is 7. The molecule has 0 spiro atoms. The number of carbonyl (C=O) groups excluding carboxylic acids is 1. The summed E-state index contributed by atoms with van der Waals surface area (Å²) in [6.45, 7) is 5.30. The van der Waals surface area contributed by atoms with Crippen LogP contribution in [0.25, 0.3) is 10.9 Å². The number of H-pyrrole nitrogens is 1. The first-order valence-corrected chi connectivity index (χ1v) is 12.6. The molecule has 1 aliphatic heterocycles. The number of fused-ring (bicyclic) bond motifs is 1. The van der Waals surface area contributed by atoms with Crippen LogP contribution in [0.2, 0.25) is 0 Å². The summed E-state index contributed by atoms with van der Waals surface area (Å²) in [6, 6.07) is 15.7. The summed E-state index contributed by atoms with van der Waals surface area (Å²) in [5.74, 6) is -0.277. The smallest absolute Gasteiger partial charge is 0.254 e. The molecule has 2 heterocycles. The predicted octanol–water partition coefficient (Wildman–Crippen LogP) is 2.89. The molecule has 1 aromatic heterocycles. The minimum Gasteiger partial charge on any atom is -0.380 e. The highest BCUT2D eigenvalue weighted by Gasteiger charge is 2.29. The van der Waals surface area contributed by atoms with Crippen LogP contribution in [0.3, 0.4) is 0 Å². The van der Waals surface area contributed by atoms with E-state index in [1.807, 2.05) is 30.3 Å². The number of amides is 1. The molecule has 1 saturated heterocycles. The van der Waals surface area contributed by atoms with Gasteiger partial charge in [-0.2, -0.15) is 4.31 Å². The van der Waals surface area contributed by atoms with Gasteiger partial charge in [-0.15, -0.1) is 0 Å². The van der Waals surface area contributed by atoms with Crippen LogP contribution in [0.1, 0.15) is 30.6 Å². The first-order chi connectivity index (χ1) is 15.8. The number of pyridine rings is 1. The summed E-state index contributed by atoms with van der Waals surface area (Å²) in [6.07, 6.45) is 0.781. The number of carbonyl (C=O) groups is 1.